The topological polar surface area (TPSA) is 450 Å². The number of fused-ring (bicyclic) bond motifs is 2. The van der Waals surface area contributed by atoms with Crippen molar-refractivity contribution in [2.75, 3.05) is 31.9 Å². The molecule has 0 aromatic heterocycles. The summed E-state index contributed by atoms with van der Waals surface area (Å²) in [5.41, 5.74) is 1.85. The number of carbonyl (C=O) groups excluding carboxylic acids is 3. The molecule has 0 atom stereocenters. The van der Waals surface area contributed by atoms with Crippen molar-refractivity contribution in [2.24, 2.45) is 0 Å². The fourth-order valence-corrected chi connectivity index (χ4v) is 12.5. The van der Waals surface area contributed by atoms with Gasteiger partial charge in [-0.15, -0.1) is 0 Å². The Balaban J connectivity index is -0.00000220. The first-order chi connectivity index (χ1) is 37.9. The van der Waals surface area contributed by atoms with Crippen LogP contribution in [0.15, 0.2) is 163 Å². The fraction of sp³-hybridized carbons (Fsp3) is 0.0408. The zero-order chi connectivity index (χ0) is 60.2. The van der Waals surface area contributed by atoms with Crippen molar-refractivity contribution < 1.29 is 278 Å². The molecule has 0 unspecified atom stereocenters. The van der Waals surface area contributed by atoms with Crippen molar-refractivity contribution in [1.29, 1.82) is 0 Å². The predicted octanol–water partition coefficient (Wildman–Crippen LogP) is -9.58. The molecule has 0 fully saturated rings. The molecule has 88 heavy (non-hydrogen) atoms. The molecule has 0 spiro atoms. The van der Waals surface area contributed by atoms with Crippen molar-refractivity contribution in [1.82, 2.24) is 0 Å². The molecule has 4 amide bonds. The molecule has 0 radical (unpaired) electrons. The Kier molecular flexibility index (Phi) is 29.4. The number of nitrogens with one attached hydrogen (secondary N) is 6. The average Bonchev–Trinajstić information content (AvgIpc) is 0.750. The molecule has 0 saturated carbocycles. The van der Waals surface area contributed by atoms with Gasteiger partial charge in [0.25, 0.3) is 72.5 Å². The van der Waals surface area contributed by atoms with Crippen molar-refractivity contribution in [2.45, 2.75) is 43.2 Å². The van der Waals surface area contributed by atoms with E-state index in [1.165, 1.54) is 84.9 Å². The van der Waals surface area contributed by atoms with E-state index >= 15 is 0 Å². The van der Waals surface area contributed by atoms with Gasteiger partial charge < -0.3 is 40.5 Å². The van der Waals surface area contributed by atoms with Crippen molar-refractivity contribution in [3.8, 4) is 0 Å². The molecule has 0 aliphatic heterocycles. The van der Waals surface area contributed by atoms with E-state index in [1.807, 2.05) is 0 Å². The van der Waals surface area contributed by atoms with Crippen LogP contribution in [0.5, 0.6) is 0 Å². The fourth-order valence-electron chi connectivity index (χ4n) is 8.39. The Labute approximate surface area is 645 Å². The summed E-state index contributed by atoms with van der Waals surface area (Å²) in [5.74, 6) is -1.27. The number of hydrogen-bond acceptors (Lipinski definition) is 17. The summed E-state index contributed by atoms with van der Waals surface area (Å²) in [6, 6.07) is 25.1. The predicted molar refractivity (Wildman–Crippen MR) is 304 cm³/mol. The number of benzene rings is 8. The maximum atomic E-state index is 13.5. The third-order valence-electron chi connectivity index (χ3n) is 12.0. The molecule has 8 rings (SSSR count). The van der Waals surface area contributed by atoms with Crippen LogP contribution < -0.4 is 209 Å². The molecular formula is C49H46N6Na6O21S6. The van der Waals surface area contributed by atoms with Crippen LogP contribution in [0.2, 0.25) is 0 Å². The number of aryl methyl sites for hydroxylation is 2. The summed E-state index contributed by atoms with van der Waals surface area (Å²) in [6.07, 6.45) is 0. The van der Waals surface area contributed by atoms with Crippen LogP contribution in [-0.4, -0.2) is 95.7 Å². The molecule has 0 bridgehead atoms. The Hall–Kier alpha value is -2.45. The molecule has 0 aliphatic rings. The van der Waals surface area contributed by atoms with E-state index in [-0.39, 0.29) is 243 Å². The van der Waals surface area contributed by atoms with Crippen LogP contribution in [-0.2, 0) is 60.7 Å². The van der Waals surface area contributed by atoms with Crippen LogP contribution in [0, 0.1) is 13.8 Å². The smallest absolute Gasteiger partial charge is 1.00 e. The zero-order valence-electron chi connectivity index (χ0n) is 53.5. The van der Waals surface area contributed by atoms with Gasteiger partial charge in [0, 0.05) is 78.2 Å². The third kappa shape index (κ3) is 19.8. The maximum Gasteiger partial charge on any atom is 1.00 e. The van der Waals surface area contributed by atoms with Crippen molar-refractivity contribution in [3.05, 3.63) is 156 Å². The van der Waals surface area contributed by atoms with Crippen molar-refractivity contribution in [3.63, 3.8) is 0 Å². The first-order valence-electron chi connectivity index (χ1n) is 22.7. The number of urea groups is 1. The molecular weight excluding hydrogens is 1340 g/mol. The van der Waals surface area contributed by atoms with Gasteiger partial charge in [-0.25, -0.2) is 4.79 Å². The SMILES string of the molecule is Cc1cc(Nc2ccc(S(=O)(=O)O)c3cc(S(=O)(=O)O)cc(S(=O)(=O)O)c23)ccc1NC(=O)c1cccc(NC(=O)Nc2cccc(C(=O)Nc3ccc(Nc4ccc(S(=O)(=O)O)c5cc(S(=O)(=O)O)cc(S(=O)(=O)O)c45)cc3C)c2)c1.[H-].[H-].[H-].[H-].[H-].[H-].[Na+].[Na+].[Na+].[Na+].[Na+].[Na+]. The van der Waals surface area contributed by atoms with Gasteiger partial charge in [-0.2, -0.15) is 50.5 Å². The van der Waals surface area contributed by atoms with Crippen LogP contribution in [0.1, 0.15) is 40.4 Å². The number of rotatable bonds is 16. The molecule has 39 heteroatoms. The molecule has 0 aliphatic carbocycles. The van der Waals surface area contributed by atoms with E-state index < -0.39 is 129 Å². The second-order valence-electron chi connectivity index (χ2n) is 17.7. The number of amides is 4. The number of anilines is 8. The van der Waals surface area contributed by atoms with E-state index in [0.717, 1.165) is 24.3 Å². The Morgan fingerprint density at radius 1 is 0.341 bits per heavy atom. The van der Waals surface area contributed by atoms with Crippen molar-refractivity contribution >= 4 is 146 Å². The van der Waals surface area contributed by atoms with E-state index in [9.17, 15) is 92.2 Å². The first kappa shape index (κ1) is 81.6. The molecule has 12 N–H and O–H groups in total. The summed E-state index contributed by atoms with van der Waals surface area (Å²) < 4.78 is 206. The van der Waals surface area contributed by atoms with Crippen LogP contribution in [0.25, 0.3) is 21.5 Å². The first-order valence-corrected chi connectivity index (χ1v) is 31.3. The van der Waals surface area contributed by atoms with Gasteiger partial charge in [0.05, 0.1) is 9.79 Å². The van der Waals surface area contributed by atoms with Crippen LogP contribution >= 0.6 is 0 Å². The summed E-state index contributed by atoms with van der Waals surface area (Å²) in [4.78, 5) is 33.8. The van der Waals surface area contributed by atoms with Gasteiger partial charge in [0.2, 0.25) is 0 Å². The molecule has 8 aromatic rings. The number of carbonyl (C=O) groups is 3. The Morgan fingerprint density at radius 2 is 0.659 bits per heavy atom. The van der Waals surface area contributed by atoms with Gasteiger partial charge >= 0.3 is 183 Å². The second kappa shape index (κ2) is 31.7. The summed E-state index contributed by atoms with van der Waals surface area (Å²) in [6.45, 7) is 3.16. The van der Waals surface area contributed by atoms with Gasteiger partial charge in [-0.3, -0.25) is 36.9 Å². The normalized spacial score (nSPS) is 11.5. The van der Waals surface area contributed by atoms with E-state index in [0.29, 0.717) is 35.4 Å². The van der Waals surface area contributed by atoms with Crippen LogP contribution in [0.4, 0.5) is 50.3 Å². The van der Waals surface area contributed by atoms with Crippen LogP contribution in [0.3, 0.4) is 0 Å². The average molecular weight is 1390 g/mol. The zero-order valence-corrected chi connectivity index (χ0v) is 64.4. The quantitative estimate of drug-likeness (QED) is 0.0316. The van der Waals surface area contributed by atoms with E-state index in [4.69, 9.17) is 0 Å². The summed E-state index contributed by atoms with van der Waals surface area (Å²) in [7, 11) is -31.3. The summed E-state index contributed by atoms with van der Waals surface area (Å²) in [5, 5.41) is 13.8. The minimum absolute atomic E-state index is 0. The Morgan fingerprint density at radius 3 is 0.955 bits per heavy atom. The minimum atomic E-state index is -5.32. The molecule has 27 nitrogen and oxygen atoms in total. The molecule has 0 heterocycles. The molecule has 0 saturated heterocycles. The van der Waals surface area contributed by atoms with Gasteiger partial charge in [-0.1, -0.05) is 12.1 Å². The van der Waals surface area contributed by atoms with Gasteiger partial charge in [0.15, 0.2) is 0 Å². The largest absolute Gasteiger partial charge is 1.00 e. The maximum absolute atomic E-state index is 13.5. The Bertz CT molecular complexity index is 4560. The van der Waals surface area contributed by atoms with E-state index in [2.05, 4.69) is 31.9 Å². The molecule has 440 valence electrons. The third-order valence-corrected chi connectivity index (χ3v) is 17.2. The standard InChI is InChI=1S/C49H40N6O21S6.6Na.6H/c1-25-17-31(50-39-13-15-41(79(65,66)67)35-21-33(77(59,60)61)23-43(45(35)39)81(71,72)73)9-11-37(25)54-47(56)27-5-3-7-29(19-27)52-49(58)53-30-8-4-6-28(20-30)48(57)55-38-12-10-32(18-26(38)2)51-40-14-16-42(80(68,69)70)36-22-34(78(62,63)64)24-44(46(36)40)82(74,75)76;;;;;;;;;;;;/h3-24,50-51H,1-2H3,(H,54,56)(H,55,57)(H2,52,53,58)(H,59,60,61)(H,62,63,64)(H,65,66,67)(H,68,69,70)(H,71,72,73)(H,74,75,76);;;;;;;;;;;;/q;6*+1;6*-1. The van der Waals surface area contributed by atoms with Gasteiger partial charge in [0.1, 0.15) is 19.6 Å². The molecule has 8 aromatic carbocycles. The summed E-state index contributed by atoms with van der Waals surface area (Å²) >= 11 is 0. The van der Waals surface area contributed by atoms with Gasteiger partial charge in [-0.05, 0) is 146 Å². The van der Waals surface area contributed by atoms with E-state index in [1.54, 1.807) is 13.8 Å². The second-order valence-corrected chi connectivity index (χ2v) is 26.1. The monoisotopic (exact) mass is 1380 g/mol. The number of hydrogen-bond donors (Lipinski definition) is 12. The minimum Gasteiger partial charge on any atom is -1.00 e.